The van der Waals surface area contributed by atoms with Gasteiger partial charge in [0.25, 0.3) is 0 Å². The maximum Gasteiger partial charge on any atom is 0.244 e. The van der Waals surface area contributed by atoms with E-state index in [1.807, 2.05) is 6.92 Å². The van der Waals surface area contributed by atoms with Crippen LogP contribution in [-0.2, 0) is 10.0 Å². The van der Waals surface area contributed by atoms with Gasteiger partial charge in [0.15, 0.2) is 0 Å². The first-order chi connectivity index (χ1) is 9.95. The molecule has 1 aliphatic rings. The van der Waals surface area contributed by atoms with E-state index < -0.39 is 10.0 Å². The lowest BCUT2D eigenvalue weighted by atomic mass is 10.1. The van der Waals surface area contributed by atoms with Gasteiger partial charge in [-0.05, 0) is 44.2 Å². The standard InChI is InChI=1S/C15H25N3O2S/c1-4-16-15-8-7-14(11-17-15)21(19,20)18(13-5-6-13)10-9-12(2)3/h7-8,11-13H,4-6,9-10H2,1-3H3,(H,16,17). The van der Waals surface area contributed by atoms with E-state index in [4.69, 9.17) is 0 Å². The first kappa shape index (κ1) is 16.2. The van der Waals surface area contributed by atoms with Gasteiger partial charge in [0.1, 0.15) is 10.7 Å². The number of nitrogens with zero attached hydrogens (tertiary/aromatic N) is 2. The van der Waals surface area contributed by atoms with E-state index in [2.05, 4.69) is 24.1 Å². The van der Waals surface area contributed by atoms with Gasteiger partial charge >= 0.3 is 0 Å². The Kier molecular flexibility index (Phi) is 5.22. The Bertz CT molecular complexity index is 551. The summed E-state index contributed by atoms with van der Waals surface area (Å²) in [6.07, 6.45) is 4.29. The lowest BCUT2D eigenvalue weighted by Gasteiger charge is -2.22. The number of aromatic nitrogens is 1. The zero-order chi connectivity index (χ0) is 15.5. The van der Waals surface area contributed by atoms with Crippen molar-refractivity contribution in [2.75, 3.05) is 18.4 Å². The molecule has 0 radical (unpaired) electrons. The monoisotopic (exact) mass is 311 g/mol. The molecule has 0 aromatic carbocycles. The van der Waals surface area contributed by atoms with Crippen molar-refractivity contribution in [3.63, 3.8) is 0 Å². The molecule has 21 heavy (non-hydrogen) atoms. The van der Waals surface area contributed by atoms with Gasteiger partial charge in [-0.2, -0.15) is 4.31 Å². The molecule has 2 rings (SSSR count). The van der Waals surface area contributed by atoms with Gasteiger partial charge < -0.3 is 5.32 Å². The Labute approximate surface area is 127 Å². The Morgan fingerprint density at radius 3 is 2.57 bits per heavy atom. The van der Waals surface area contributed by atoms with E-state index >= 15 is 0 Å². The summed E-state index contributed by atoms with van der Waals surface area (Å²) in [5.74, 6) is 1.20. The molecule has 0 unspecified atom stereocenters. The Balaban J connectivity index is 2.17. The highest BCUT2D eigenvalue weighted by atomic mass is 32.2. The summed E-state index contributed by atoms with van der Waals surface area (Å²) in [5, 5.41) is 3.07. The molecule has 1 aromatic rings. The Morgan fingerprint density at radius 1 is 1.38 bits per heavy atom. The summed E-state index contributed by atoms with van der Waals surface area (Å²) < 4.78 is 27.2. The number of hydrogen-bond acceptors (Lipinski definition) is 4. The lowest BCUT2D eigenvalue weighted by molar-refractivity contribution is 0.373. The molecule has 0 aliphatic heterocycles. The van der Waals surface area contributed by atoms with Crippen molar-refractivity contribution in [3.05, 3.63) is 18.3 Å². The van der Waals surface area contributed by atoms with Crippen LogP contribution < -0.4 is 5.32 Å². The first-order valence-electron chi connectivity index (χ1n) is 7.67. The normalized spacial score (nSPS) is 15.7. The SMILES string of the molecule is CCNc1ccc(S(=O)(=O)N(CCC(C)C)C2CC2)cn1. The number of sulfonamides is 1. The molecule has 1 aliphatic carbocycles. The van der Waals surface area contributed by atoms with Crippen LogP contribution in [0.4, 0.5) is 5.82 Å². The van der Waals surface area contributed by atoms with Gasteiger partial charge in [0, 0.05) is 25.3 Å². The van der Waals surface area contributed by atoms with E-state index in [-0.39, 0.29) is 6.04 Å². The van der Waals surface area contributed by atoms with Crippen LogP contribution in [0.5, 0.6) is 0 Å². The van der Waals surface area contributed by atoms with Crippen LogP contribution in [0.3, 0.4) is 0 Å². The van der Waals surface area contributed by atoms with Gasteiger partial charge in [-0.25, -0.2) is 13.4 Å². The van der Waals surface area contributed by atoms with E-state index in [0.29, 0.717) is 23.2 Å². The predicted molar refractivity (Wildman–Crippen MR) is 84.8 cm³/mol. The number of nitrogens with one attached hydrogen (secondary N) is 1. The molecule has 0 atom stereocenters. The van der Waals surface area contributed by atoms with Crippen molar-refractivity contribution in [1.82, 2.24) is 9.29 Å². The third kappa shape index (κ3) is 4.17. The molecule has 0 amide bonds. The average molecular weight is 311 g/mol. The van der Waals surface area contributed by atoms with Crippen molar-refractivity contribution >= 4 is 15.8 Å². The molecular weight excluding hydrogens is 286 g/mol. The van der Waals surface area contributed by atoms with E-state index in [9.17, 15) is 8.42 Å². The molecule has 1 saturated carbocycles. The molecule has 0 saturated heterocycles. The second kappa shape index (κ2) is 6.75. The largest absolute Gasteiger partial charge is 0.370 e. The van der Waals surface area contributed by atoms with Gasteiger partial charge in [-0.3, -0.25) is 0 Å². The van der Waals surface area contributed by atoms with Crippen LogP contribution in [0.15, 0.2) is 23.2 Å². The Hall–Kier alpha value is -1.14. The summed E-state index contributed by atoms with van der Waals surface area (Å²) in [5.41, 5.74) is 0. The van der Waals surface area contributed by atoms with E-state index in [1.54, 1.807) is 16.4 Å². The summed E-state index contributed by atoms with van der Waals surface area (Å²) >= 11 is 0. The van der Waals surface area contributed by atoms with E-state index in [1.165, 1.54) is 6.20 Å². The first-order valence-corrected chi connectivity index (χ1v) is 9.11. The van der Waals surface area contributed by atoms with Crippen LogP contribution in [0, 0.1) is 5.92 Å². The summed E-state index contributed by atoms with van der Waals surface area (Å²) in [4.78, 5) is 4.47. The van der Waals surface area contributed by atoms with Crippen LogP contribution in [0.2, 0.25) is 0 Å². The van der Waals surface area contributed by atoms with Gasteiger partial charge in [0.2, 0.25) is 10.0 Å². The molecular formula is C15H25N3O2S. The molecule has 6 heteroatoms. The lowest BCUT2D eigenvalue weighted by Crippen LogP contribution is -2.34. The number of anilines is 1. The van der Waals surface area contributed by atoms with Crippen LogP contribution in [-0.4, -0.2) is 36.8 Å². The van der Waals surface area contributed by atoms with Crippen molar-refractivity contribution in [2.24, 2.45) is 5.92 Å². The highest BCUT2D eigenvalue weighted by Gasteiger charge is 2.37. The molecule has 5 nitrogen and oxygen atoms in total. The maximum absolute atomic E-state index is 12.8. The van der Waals surface area contributed by atoms with Gasteiger partial charge in [-0.1, -0.05) is 13.8 Å². The zero-order valence-electron chi connectivity index (χ0n) is 13.0. The second-order valence-corrected chi connectivity index (χ2v) is 7.83. The molecule has 1 aromatic heterocycles. The minimum Gasteiger partial charge on any atom is -0.370 e. The number of rotatable bonds is 8. The van der Waals surface area contributed by atoms with Crippen LogP contribution in [0.1, 0.15) is 40.0 Å². The summed E-state index contributed by atoms with van der Waals surface area (Å²) in [6.45, 7) is 7.57. The van der Waals surface area contributed by atoms with Gasteiger partial charge in [-0.15, -0.1) is 0 Å². The number of pyridine rings is 1. The smallest absolute Gasteiger partial charge is 0.244 e. The molecule has 1 heterocycles. The number of hydrogen-bond donors (Lipinski definition) is 1. The van der Waals surface area contributed by atoms with Crippen molar-refractivity contribution < 1.29 is 8.42 Å². The maximum atomic E-state index is 12.8. The highest BCUT2D eigenvalue weighted by Crippen LogP contribution is 2.32. The fourth-order valence-corrected chi connectivity index (χ4v) is 3.85. The quantitative estimate of drug-likeness (QED) is 0.802. The minimum absolute atomic E-state index is 0.183. The minimum atomic E-state index is -3.42. The molecule has 118 valence electrons. The predicted octanol–water partition coefficient (Wildman–Crippen LogP) is 2.71. The Morgan fingerprint density at radius 2 is 2.10 bits per heavy atom. The molecule has 1 N–H and O–H groups in total. The average Bonchev–Trinajstić information content (AvgIpc) is 3.24. The zero-order valence-corrected chi connectivity index (χ0v) is 13.9. The topological polar surface area (TPSA) is 62.3 Å². The van der Waals surface area contributed by atoms with Crippen LogP contribution in [0.25, 0.3) is 0 Å². The van der Waals surface area contributed by atoms with Gasteiger partial charge in [0.05, 0.1) is 0 Å². The van der Waals surface area contributed by atoms with Crippen molar-refractivity contribution in [1.29, 1.82) is 0 Å². The molecule has 1 fully saturated rings. The third-order valence-corrected chi connectivity index (χ3v) is 5.52. The van der Waals surface area contributed by atoms with E-state index in [0.717, 1.165) is 25.8 Å². The molecule has 0 bridgehead atoms. The fourth-order valence-electron chi connectivity index (χ4n) is 2.20. The van der Waals surface area contributed by atoms with Crippen molar-refractivity contribution in [3.8, 4) is 0 Å². The molecule has 0 spiro atoms. The van der Waals surface area contributed by atoms with Crippen LogP contribution >= 0.6 is 0 Å². The summed E-state index contributed by atoms with van der Waals surface area (Å²) in [6, 6.07) is 3.55. The second-order valence-electron chi connectivity index (χ2n) is 5.94. The highest BCUT2D eigenvalue weighted by molar-refractivity contribution is 7.89. The van der Waals surface area contributed by atoms with Crippen molar-refractivity contribution in [2.45, 2.75) is 51.0 Å². The fraction of sp³-hybridized carbons (Fsp3) is 0.667. The summed E-state index contributed by atoms with van der Waals surface area (Å²) in [7, 11) is -3.42. The third-order valence-electron chi connectivity index (χ3n) is 3.58.